The standard InChI is InChI=1S/C18H27BF3N3O4/c1-15(2,3)27-14(26)23-10-12(19-28-16(4,5)17(6,7)29-19)8-11-9-24-25-13(11)18(20,21)22/h8-9H,10H2,1-7H3,(H,23,26)(H,24,25). The van der Waals surface area contributed by atoms with Gasteiger partial charge in [0.2, 0.25) is 0 Å². The molecule has 0 bridgehead atoms. The SMILES string of the molecule is CC(C)(C)OC(=O)NCC(=Cc1cn[nH]c1C(F)(F)F)B1OC(C)(C)C(C)(C)O1. The summed E-state index contributed by atoms with van der Waals surface area (Å²) in [7, 11) is -0.953. The Morgan fingerprint density at radius 3 is 2.28 bits per heavy atom. The predicted octanol–water partition coefficient (Wildman–Crippen LogP) is 3.97. The maximum absolute atomic E-state index is 13.2. The molecule has 0 radical (unpaired) electrons. The third kappa shape index (κ3) is 5.76. The van der Waals surface area contributed by atoms with Gasteiger partial charge in [0.15, 0.2) is 0 Å². The molecule has 11 heteroatoms. The Hall–Kier alpha value is -2.01. The molecule has 1 aromatic rings. The summed E-state index contributed by atoms with van der Waals surface area (Å²) in [4.78, 5) is 12.0. The number of alkyl carbamates (subject to hydrolysis) is 1. The summed E-state index contributed by atoms with van der Waals surface area (Å²) < 4.78 is 56.7. The molecule has 0 aliphatic carbocycles. The van der Waals surface area contributed by atoms with Crippen LogP contribution in [-0.4, -0.2) is 46.8 Å². The van der Waals surface area contributed by atoms with E-state index in [-0.39, 0.29) is 12.1 Å². The summed E-state index contributed by atoms with van der Waals surface area (Å²) in [6.45, 7) is 12.3. The maximum Gasteiger partial charge on any atom is 0.492 e. The molecule has 2 rings (SSSR count). The number of nitrogens with zero attached hydrogens (tertiary/aromatic N) is 1. The van der Waals surface area contributed by atoms with Gasteiger partial charge in [0.05, 0.1) is 17.4 Å². The minimum atomic E-state index is -4.61. The molecule has 29 heavy (non-hydrogen) atoms. The molecule has 1 saturated heterocycles. The molecule has 1 aromatic heterocycles. The fourth-order valence-electron chi connectivity index (χ4n) is 2.52. The average molecular weight is 417 g/mol. The highest BCUT2D eigenvalue weighted by atomic mass is 19.4. The van der Waals surface area contributed by atoms with Crippen LogP contribution in [0.1, 0.15) is 59.7 Å². The predicted molar refractivity (Wildman–Crippen MR) is 102 cm³/mol. The number of nitrogens with one attached hydrogen (secondary N) is 2. The molecule has 1 amide bonds. The van der Waals surface area contributed by atoms with Crippen LogP contribution < -0.4 is 5.32 Å². The lowest BCUT2D eigenvalue weighted by Gasteiger charge is -2.32. The lowest BCUT2D eigenvalue weighted by atomic mass is 9.77. The Bertz CT molecular complexity index is 766. The highest BCUT2D eigenvalue weighted by Crippen LogP contribution is 2.39. The van der Waals surface area contributed by atoms with E-state index < -0.39 is 41.9 Å². The van der Waals surface area contributed by atoms with Crippen molar-refractivity contribution in [3.8, 4) is 0 Å². The Kier molecular flexibility index (Phi) is 6.16. The number of rotatable bonds is 4. The molecule has 0 saturated carbocycles. The second kappa shape index (κ2) is 7.68. The van der Waals surface area contributed by atoms with Gasteiger partial charge in [0, 0.05) is 12.1 Å². The molecule has 1 aliphatic heterocycles. The van der Waals surface area contributed by atoms with Crippen LogP contribution in [0.4, 0.5) is 18.0 Å². The number of H-pyrrole nitrogens is 1. The van der Waals surface area contributed by atoms with Gasteiger partial charge in [-0.2, -0.15) is 18.3 Å². The number of carbonyl (C=O) groups excluding carboxylic acids is 1. The molecular weight excluding hydrogens is 390 g/mol. The van der Waals surface area contributed by atoms with Crippen molar-refractivity contribution in [3.05, 3.63) is 22.9 Å². The molecule has 162 valence electrons. The summed E-state index contributed by atoms with van der Waals surface area (Å²) in [5, 5.41) is 7.98. The number of carbonyl (C=O) groups is 1. The van der Waals surface area contributed by atoms with E-state index in [4.69, 9.17) is 14.0 Å². The van der Waals surface area contributed by atoms with Gasteiger partial charge in [-0.25, -0.2) is 4.79 Å². The smallest absolute Gasteiger partial charge is 0.444 e. The number of ether oxygens (including phenoxy) is 1. The molecule has 2 N–H and O–H groups in total. The number of aromatic nitrogens is 2. The Morgan fingerprint density at radius 1 is 1.24 bits per heavy atom. The van der Waals surface area contributed by atoms with Gasteiger partial charge in [-0.15, -0.1) is 0 Å². The van der Waals surface area contributed by atoms with Gasteiger partial charge in [0.1, 0.15) is 11.3 Å². The van der Waals surface area contributed by atoms with Crippen LogP contribution in [0.15, 0.2) is 11.7 Å². The molecule has 0 spiro atoms. The molecular formula is C18H27BF3N3O4. The van der Waals surface area contributed by atoms with Gasteiger partial charge in [-0.05, 0) is 53.9 Å². The van der Waals surface area contributed by atoms with E-state index in [1.165, 1.54) is 6.08 Å². The zero-order chi connectivity index (χ0) is 22.3. The van der Waals surface area contributed by atoms with Crippen LogP contribution >= 0.6 is 0 Å². The first kappa shape index (κ1) is 23.3. The Labute approximate surface area is 168 Å². The molecule has 2 heterocycles. The fourth-order valence-corrected chi connectivity index (χ4v) is 2.52. The second-order valence-electron chi connectivity index (χ2n) is 8.86. The number of amides is 1. The highest BCUT2D eigenvalue weighted by molar-refractivity contribution is 6.56. The minimum absolute atomic E-state index is 0.131. The highest BCUT2D eigenvalue weighted by Gasteiger charge is 2.52. The largest absolute Gasteiger partial charge is 0.492 e. The van der Waals surface area contributed by atoms with Crippen molar-refractivity contribution in [2.75, 3.05) is 6.54 Å². The lowest BCUT2D eigenvalue weighted by molar-refractivity contribution is -0.141. The van der Waals surface area contributed by atoms with Crippen LogP contribution in [0.2, 0.25) is 0 Å². The summed E-state index contributed by atoms with van der Waals surface area (Å²) in [6, 6.07) is 0. The van der Waals surface area contributed by atoms with Crippen LogP contribution in [0, 0.1) is 0 Å². The number of hydrogen-bond acceptors (Lipinski definition) is 5. The van der Waals surface area contributed by atoms with Crippen LogP contribution in [0.5, 0.6) is 0 Å². The van der Waals surface area contributed by atoms with Gasteiger partial charge in [-0.3, -0.25) is 5.10 Å². The van der Waals surface area contributed by atoms with Gasteiger partial charge < -0.3 is 19.4 Å². The number of aromatic amines is 1. The van der Waals surface area contributed by atoms with E-state index in [9.17, 15) is 18.0 Å². The van der Waals surface area contributed by atoms with E-state index in [0.29, 0.717) is 5.47 Å². The monoisotopic (exact) mass is 417 g/mol. The molecule has 1 fully saturated rings. The minimum Gasteiger partial charge on any atom is -0.444 e. The van der Waals surface area contributed by atoms with E-state index in [1.54, 1.807) is 20.8 Å². The van der Waals surface area contributed by atoms with Gasteiger partial charge in [-0.1, -0.05) is 6.08 Å². The zero-order valence-corrected chi connectivity index (χ0v) is 17.7. The summed E-state index contributed by atoms with van der Waals surface area (Å²) in [5.74, 6) is 0. The van der Waals surface area contributed by atoms with Crippen LogP contribution in [-0.2, 0) is 20.2 Å². The van der Waals surface area contributed by atoms with Crippen LogP contribution in [0.3, 0.4) is 0 Å². The van der Waals surface area contributed by atoms with Crippen molar-refractivity contribution in [3.63, 3.8) is 0 Å². The molecule has 0 atom stereocenters. The maximum atomic E-state index is 13.2. The van der Waals surface area contributed by atoms with Crippen molar-refractivity contribution in [1.29, 1.82) is 0 Å². The van der Waals surface area contributed by atoms with Gasteiger partial charge >= 0.3 is 19.4 Å². The third-order valence-electron chi connectivity index (χ3n) is 4.68. The Morgan fingerprint density at radius 2 is 1.79 bits per heavy atom. The molecule has 1 aliphatic rings. The Balaban J connectivity index is 2.32. The summed E-state index contributed by atoms with van der Waals surface area (Å²) in [5.41, 5.74) is -3.01. The van der Waals surface area contributed by atoms with Crippen molar-refractivity contribution >= 4 is 19.3 Å². The zero-order valence-electron chi connectivity index (χ0n) is 17.7. The van der Waals surface area contributed by atoms with E-state index in [2.05, 4.69) is 10.4 Å². The fraction of sp³-hybridized carbons (Fsp3) is 0.667. The average Bonchev–Trinajstić information content (AvgIpc) is 3.03. The lowest BCUT2D eigenvalue weighted by Crippen LogP contribution is -2.41. The second-order valence-corrected chi connectivity index (χ2v) is 8.86. The molecule has 7 nitrogen and oxygen atoms in total. The quantitative estimate of drug-likeness (QED) is 0.725. The van der Waals surface area contributed by atoms with E-state index >= 15 is 0 Å². The van der Waals surface area contributed by atoms with E-state index in [0.717, 1.165) is 6.20 Å². The first-order valence-electron chi connectivity index (χ1n) is 9.15. The number of alkyl halides is 3. The first-order chi connectivity index (χ1) is 13.0. The normalized spacial score (nSPS) is 19.4. The van der Waals surface area contributed by atoms with Crippen molar-refractivity contribution in [2.45, 2.75) is 71.4 Å². The summed E-state index contributed by atoms with van der Waals surface area (Å²) in [6.07, 6.45) is -3.00. The topological polar surface area (TPSA) is 85.5 Å². The number of halogens is 3. The van der Waals surface area contributed by atoms with E-state index in [1.807, 2.05) is 32.8 Å². The van der Waals surface area contributed by atoms with Crippen molar-refractivity contribution < 1.29 is 32.0 Å². The van der Waals surface area contributed by atoms with Crippen molar-refractivity contribution in [1.82, 2.24) is 15.5 Å². The first-order valence-corrected chi connectivity index (χ1v) is 9.15. The molecule has 0 unspecified atom stereocenters. The van der Waals surface area contributed by atoms with Crippen LogP contribution in [0.25, 0.3) is 6.08 Å². The summed E-state index contributed by atoms with van der Waals surface area (Å²) >= 11 is 0. The molecule has 0 aromatic carbocycles. The number of hydrogen-bond donors (Lipinski definition) is 2. The third-order valence-corrected chi connectivity index (χ3v) is 4.68. The van der Waals surface area contributed by atoms with Gasteiger partial charge in [0.25, 0.3) is 0 Å². The van der Waals surface area contributed by atoms with Crippen molar-refractivity contribution in [2.24, 2.45) is 0 Å².